The van der Waals surface area contributed by atoms with Crippen LogP contribution >= 0.6 is 12.4 Å². The summed E-state index contributed by atoms with van der Waals surface area (Å²) in [5, 5.41) is 6.17. The molecule has 4 nitrogen and oxygen atoms in total. The van der Waals surface area contributed by atoms with E-state index in [2.05, 4.69) is 10.6 Å². The van der Waals surface area contributed by atoms with Crippen LogP contribution in [-0.2, 0) is 4.79 Å². The number of carbonyl (C=O) groups excluding carboxylic acids is 1. The van der Waals surface area contributed by atoms with Gasteiger partial charge in [0.15, 0.2) is 11.6 Å². The van der Waals surface area contributed by atoms with E-state index in [1.807, 2.05) is 6.92 Å². The van der Waals surface area contributed by atoms with Crippen molar-refractivity contribution < 1.29 is 13.9 Å². The minimum Gasteiger partial charge on any atom is -0.486 e. The normalized spacial score (nSPS) is 16.5. The highest BCUT2D eigenvalue weighted by molar-refractivity contribution is 5.85. The molecule has 1 atom stereocenters. The van der Waals surface area contributed by atoms with Gasteiger partial charge in [-0.2, -0.15) is 0 Å². The summed E-state index contributed by atoms with van der Waals surface area (Å²) in [6.07, 6.45) is 2.24. The molecule has 1 aromatic rings. The van der Waals surface area contributed by atoms with Crippen molar-refractivity contribution in [3.05, 3.63) is 30.1 Å². The lowest BCUT2D eigenvalue weighted by Gasteiger charge is -2.24. The van der Waals surface area contributed by atoms with Gasteiger partial charge in [0.05, 0.1) is 6.54 Å². The maximum atomic E-state index is 13.6. The fourth-order valence-corrected chi connectivity index (χ4v) is 2.43. The molecule has 1 heterocycles. The zero-order chi connectivity index (χ0) is 15.1. The van der Waals surface area contributed by atoms with Crippen LogP contribution in [0, 0.1) is 11.7 Å². The molecule has 1 fully saturated rings. The van der Waals surface area contributed by atoms with Crippen molar-refractivity contribution in [2.45, 2.75) is 32.3 Å². The minimum atomic E-state index is -0.374. The smallest absolute Gasteiger partial charge is 0.223 e. The second-order valence-corrected chi connectivity index (χ2v) is 5.35. The van der Waals surface area contributed by atoms with E-state index in [1.165, 1.54) is 6.07 Å². The topological polar surface area (TPSA) is 50.4 Å². The lowest BCUT2D eigenvalue weighted by atomic mass is 9.97. The molecule has 0 aromatic heterocycles. The van der Waals surface area contributed by atoms with E-state index in [0.717, 1.165) is 25.9 Å². The van der Waals surface area contributed by atoms with Crippen LogP contribution in [-0.4, -0.2) is 31.6 Å². The third-order valence-corrected chi connectivity index (χ3v) is 3.80. The van der Waals surface area contributed by atoms with Crippen molar-refractivity contribution in [1.29, 1.82) is 0 Å². The fourth-order valence-electron chi connectivity index (χ4n) is 2.43. The van der Waals surface area contributed by atoms with Gasteiger partial charge < -0.3 is 15.4 Å². The van der Waals surface area contributed by atoms with Gasteiger partial charge >= 0.3 is 0 Å². The van der Waals surface area contributed by atoms with Crippen molar-refractivity contribution in [2.75, 3.05) is 19.6 Å². The summed E-state index contributed by atoms with van der Waals surface area (Å²) in [5.41, 5.74) is 0. The number of hydrogen-bond donors (Lipinski definition) is 2. The molecule has 0 radical (unpaired) electrons. The van der Waals surface area contributed by atoms with Crippen molar-refractivity contribution >= 4 is 18.3 Å². The number of ether oxygens (including phenoxy) is 1. The van der Waals surface area contributed by atoms with Crippen molar-refractivity contribution in [3.63, 3.8) is 0 Å². The molecule has 0 bridgehead atoms. The second kappa shape index (κ2) is 9.64. The van der Waals surface area contributed by atoms with Crippen LogP contribution in [0.1, 0.15) is 26.2 Å². The van der Waals surface area contributed by atoms with E-state index in [0.29, 0.717) is 13.0 Å². The Morgan fingerprint density at radius 2 is 2.09 bits per heavy atom. The van der Waals surface area contributed by atoms with Crippen LogP contribution in [0.3, 0.4) is 0 Å². The number of amides is 1. The maximum Gasteiger partial charge on any atom is 0.223 e. The molecular formula is C16H24ClFN2O2. The number of rotatable bonds is 6. The summed E-state index contributed by atoms with van der Waals surface area (Å²) in [5.74, 6) is 0.0189. The van der Waals surface area contributed by atoms with Crippen molar-refractivity contribution in [1.82, 2.24) is 10.6 Å². The second-order valence-electron chi connectivity index (χ2n) is 5.35. The summed E-state index contributed by atoms with van der Waals surface area (Å²) in [6.45, 7) is 4.15. The summed E-state index contributed by atoms with van der Waals surface area (Å²) < 4.78 is 19.2. The molecule has 2 N–H and O–H groups in total. The Hall–Kier alpha value is -1.33. The number of benzene rings is 1. The molecule has 22 heavy (non-hydrogen) atoms. The molecule has 1 unspecified atom stereocenters. The number of hydrogen-bond acceptors (Lipinski definition) is 3. The predicted octanol–water partition coefficient (Wildman–Crippen LogP) is 2.52. The highest BCUT2D eigenvalue weighted by Crippen LogP contribution is 2.18. The summed E-state index contributed by atoms with van der Waals surface area (Å²) in [4.78, 5) is 12.1. The van der Waals surface area contributed by atoms with E-state index >= 15 is 0 Å². The van der Waals surface area contributed by atoms with Crippen LogP contribution < -0.4 is 15.4 Å². The molecule has 0 saturated carbocycles. The highest BCUT2D eigenvalue weighted by Gasteiger charge is 2.21. The van der Waals surface area contributed by atoms with Gasteiger partial charge in [0, 0.05) is 5.92 Å². The van der Waals surface area contributed by atoms with Gasteiger partial charge in [-0.1, -0.05) is 19.1 Å². The first kappa shape index (κ1) is 18.7. The number of piperidine rings is 1. The third-order valence-electron chi connectivity index (χ3n) is 3.80. The van der Waals surface area contributed by atoms with Gasteiger partial charge in [-0.05, 0) is 44.5 Å². The molecule has 1 aliphatic heterocycles. The first-order valence-electron chi connectivity index (χ1n) is 7.60. The summed E-state index contributed by atoms with van der Waals surface area (Å²) in [7, 11) is 0. The Kier molecular flexibility index (Phi) is 8.20. The third kappa shape index (κ3) is 5.46. The average Bonchev–Trinajstić information content (AvgIpc) is 2.53. The van der Waals surface area contributed by atoms with Gasteiger partial charge in [-0.3, -0.25) is 4.79 Å². The highest BCUT2D eigenvalue weighted by atomic mass is 35.5. The van der Waals surface area contributed by atoms with Crippen molar-refractivity contribution in [3.8, 4) is 5.75 Å². The zero-order valence-electron chi connectivity index (χ0n) is 12.8. The Balaban J connectivity index is 0.00000242. The Morgan fingerprint density at radius 1 is 1.41 bits per heavy atom. The van der Waals surface area contributed by atoms with E-state index < -0.39 is 0 Å². The summed E-state index contributed by atoms with van der Waals surface area (Å²) in [6, 6.07) is 6.34. The standard InChI is InChI=1S/C16H23FN2O2.ClH/c1-2-13(21-15-6-4-3-5-14(15)17)11-19-16(20)12-7-9-18-10-8-12;/h3-6,12-13,18H,2,7-11H2,1H3,(H,19,20);1H. The molecule has 1 aromatic carbocycles. The van der Waals surface area contributed by atoms with Gasteiger partial charge in [-0.15, -0.1) is 12.4 Å². The van der Waals surface area contributed by atoms with Gasteiger partial charge in [0.25, 0.3) is 0 Å². The summed E-state index contributed by atoms with van der Waals surface area (Å²) >= 11 is 0. The fraction of sp³-hybridized carbons (Fsp3) is 0.562. The Bertz CT molecular complexity index is 467. The lowest BCUT2D eigenvalue weighted by Crippen LogP contribution is -2.42. The first-order valence-corrected chi connectivity index (χ1v) is 7.60. The molecule has 2 rings (SSSR count). The monoisotopic (exact) mass is 330 g/mol. The van der Waals surface area contributed by atoms with Crippen LogP contribution in [0.15, 0.2) is 24.3 Å². The van der Waals surface area contributed by atoms with E-state index in [-0.39, 0.29) is 41.9 Å². The average molecular weight is 331 g/mol. The van der Waals surface area contributed by atoms with Crippen LogP contribution in [0.4, 0.5) is 4.39 Å². The molecule has 1 amide bonds. The molecular weight excluding hydrogens is 307 g/mol. The first-order chi connectivity index (χ1) is 10.2. The quantitative estimate of drug-likeness (QED) is 0.842. The van der Waals surface area contributed by atoms with E-state index in [9.17, 15) is 9.18 Å². The van der Waals surface area contributed by atoms with Crippen molar-refractivity contribution in [2.24, 2.45) is 5.92 Å². The number of para-hydroxylation sites is 1. The minimum absolute atomic E-state index is 0. The number of carbonyl (C=O) groups is 1. The van der Waals surface area contributed by atoms with Gasteiger partial charge in [-0.25, -0.2) is 4.39 Å². The van der Waals surface area contributed by atoms with Gasteiger partial charge in [0.2, 0.25) is 5.91 Å². The molecule has 0 spiro atoms. The van der Waals surface area contributed by atoms with Crippen LogP contribution in [0.2, 0.25) is 0 Å². The molecule has 1 saturated heterocycles. The van der Waals surface area contributed by atoms with E-state index in [1.54, 1.807) is 18.2 Å². The zero-order valence-corrected chi connectivity index (χ0v) is 13.6. The maximum absolute atomic E-state index is 13.6. The molecule has 1 aliphatic rings. The Morgan fingerprint density at radius 3 is 2.73 bits per heavy atom. The molecule has 0 aliphatic carbocycles. The largest absolute Gasteiger partial charge is 0.486 e. The Labute approximate surface area is 137 Å². The predicted molar refractivity (Wildman–Crippen MR) is 87.0 cm³/mol. The van der Waals surface area contributed by atoms with E-state index in [4.69, 9.17) is 4.74 Å². The van der Waals surface area contributed by atoms with Gasteiger partial charge in [0.1, 0.15) is 6.10 Å². The SMILES string of the molecule is CCC(CNC(=O)C1CCNCC1)Oc1ccccc1F.Cl. The number of nitrogens with one attached hydrogen (secondary N) is 2. The molecule has 6 heteroatoms. The lowest BCUT2D eigenvalue weighted by molar-refractivity contribution is -0.126. The molecule has 124 valence electrons. The number of halogens is 2. The van der Waals surface area contributed by atoms with Crippen LogP contribution in [0.5, 0.6) is 5.75 Å². The van der Waals surface area contributed by atoms with Crippen LogP contribution in [0.25, 0.3) is 0 Å².